The largest absolute Gasteiger partial charge is 0.323 e. The van der Waals surface area contributed by atoms with Gasteiger partial charge >= 0.3 is 5.69 Å². The van der Waals surface area contributed by atoms with Gasteiger partial charge in [0.05, 0.1) is 11.0 Å². The highest BCUT2D eigenvalue weighted by Crippen LogP contribution is 2.29. The van der Waals surface area contributed by atoms with Crippen LogP contribution >= 0.6 is 15.9 Å². The zero-order valence-corrected chi connectivity index (χ0v) is 13.2. The monoisotopic (exact) mass is 345 g/mol. The highest BCUT2D eigenvalue weighted by atomic mass is 79.9. The van der Waals surface area contributed by atoms with Gasteiger partial charge in [0.15, 0.2) is 0 Å². The van der Waals surface area contributed by atoms with Crippen molar-refractivity contribution in [3.05, 3.63) is 68.5 Å². The molecule has 0 spiro atoms. The number of aromatic amines is 2. The van der Waals surface area contributed by atoms with Crippen LogP contribution in [0.1, 0.15) is 17.2 Å². The topological polar surface area (TPSA) is 60.7 Å². The molecule has 3 aromatic rings. The molecule has 3 N–H and O–H groups in total. The Bertz CT molecular complexity index is 807. The lowest BCUT2D eigenvalue weighted by molar-refractivity contribution is 0.590. The summed E-state index contributed by atoms with van der Waals surface area (Å²) in [5.74, 6) is 0. The molecule has 0 fully saturated rings. The number of nitrogens with one attached hydrogen (secondary N) is 3. The Morgan fingerprint density at radius 2 is 1.81 bits per heavy atom. The van der Waals surface area contributed by atoms with Crippen molar-refractivity contribution in [2.24, 2.45) is 0 Å². The van der Waals surface area contributed by atoms with Gasteiger partial charge in [0.1, 0.15) is 0 Å². The summed E-state index contributed by atoms with van der Waals surface area (Å²) in [7, 11) is 1.95. The SMILES string of the molecule is CNC(Cc1ccccc1)c1cc2[nH]c(=O)[nH]c2cc1Br. The highest BCUT2D eigenvalue weighted by Gasteiger charge is 2.15. The maximum absolute atomic E-state index is 11.4. The van der Waals surface area contributed by atoms with Gasteiger partial charge in [-0.05, 0) is 36.7 Å². The van der Waals surface area contributed by atoms with E-state index < -0.39 is 0 Å². The van der Waals surface area contributed by atoms with Crippen LogP contribution in [-0.4, -0.2) is 17.0 Å². The van der Waals surface area contributed by atoms with Crippen LogP contribution in [-0.2, 0) is 6.42 Å². The van der Waals surface area contributed by atoms with Gasteiger partial charge in [0, 0.05) is 10.5 Å². The van der Waals surface area contributed by atoms with E-state index in [0.717, 1.165) is 27.5 Å². The minimum Gasteiger partial charge on any atom is -0.313 e. The van der Waals surface area contributed by atoms with Crippen LogP contribution in [0.2, 0.25) is 0 Å². The molecule has 0 bridgehead atoms. The first-order valence-corrected chi connectivity index (χ1v) is 7.59. The molecule has 0 saturated carbocycles. The zero-order valence-electron chi connectivity index (χ0n) is 11.6. The summed E-state index contributed by atoms with van der Waals surface area (Å²) in [6.45, 7) is 0. The van der Waals surface area contributed by atoms with Crippen LogP contribution in [0.4, 0.5) is 0 Å². The van der Waals surface area contributed by atoms with E-state index in [0.29, 0.717) is 0 Å². The third-order valence-electron chi connectivity index (χ3n) is 3.64. The molecular weight excluding hydrogens is 330 g/mol. The molecule has 0 aliphatic rings. The standard InChI is InChI=1S/C16H16BrN3O/c1-18-13(7-10-5-3-2-4-6-10)11-8-14-15(9-12(11)17)20-16(21)19-14/h2-6,8-9,13,18H,7H2,1H3,(H2,19,20,21). The number of aromatic nitrogens is 2. The van der Waals surface area contributed by atoms with Gasteiger partial charge in [0.25, 0.3) is 0 Å². The summed E-state index contributed by atoms with van der Waals surface area (Å²) in [4.78, 5) is 17.0. The third kappa shape index (κ3) is 2.94. The number of hydrogen-bond acceptors (Lipinski definition) is 2. The van der Waals surface area contributed by atoms with Crippen LogP contribution in [0.3, 0.4) is 0 Å². The highest BCUT2D eigenvalue weighted by molar-refractivity contribution is 9.10. The van der Waals surface area contributed by atoms with Crippen molar-refractivity contribution in [3.63, 3.8) is 0 Å². The van der Waals surface area contributed by atoms with E-state index in [1.807, 2.05) is 37.4 Å². The van der Waals surface area contributed by atoms with Gasteiger partial charge < -0.3 is 15.3 Å². The minimum atomic E-state index is -0.182. The summed E-state index contributed by atoms with van der Waals surface area (Å²) in [5, 5.41) is 3.35. The first-order valence-electron chi connectivity index (χ1n) is 6.80. The third-order valence-corrected chi connectivity index (χ3v) is 4.33. The van der Waals surface area contributed by atoms with Crippen LogP contribution in [0.15, 0.2) is 51.7 Å². The van der Waals surface area contributed by atoms with Crippen molar-refractivity contribution < 1.29 is 0 Å². The predicted octanol–water partition coefficient (Wildman–Crippen LogP) is 3.12. The summed E-state index contributed by atoms with van der Waals surface area (Å²) < 4.78 is 0.987. The van der Waals surface area contributed by atoms with E-state index in [2.05, 4.69) is 43.3 Å². The summed E-state index contributed by atoms with van der Waals surface area (Å²) in [6.07, 6.45) is 0.885. The Morgan fingerprint density at radius 3 is 2.48 bits per heavy atom. The number of rotatable bonds is 4. The lowest BCUT2D eigenvalue weighted by atomic mass is 9.98. The molecular formula is C16H16BrN3O. The average Bonchev–Trinajstić information content (AvgIpc) is 2.84. The average molecular weight is 346 g/mol. The predicted molar refractivity (Wildman–Crippen MR) is 88.6 cm³/mol. The molecule has 2 aromatic carbocycles. The van der Waals surface area contributed by atoms with Gasteiger partial charge in [0.2, 0.25) is 0 Å². The smallest absolute Gasteiger partial charge is 0.313 e. The maximum Gasteiger partial charge on any atom is 0.323 e. The summed E-state index contributed by atoms with van der Waals surface area (Å²) >= 11 is 3.61. The van der Waals surface area contributed by atoms with Crippen molar-refractivity contribution in [2.75, 3.05) is 7.05 Å². The van der Waals surface area contributed by atoms with Gasteiger partial charge in [-0.15, -0.1) is 0 Å². The number of benzene rings is 2. The van der Waals surface area contributed by atoms with Gasteiger partial charge in [-0.1, -0.05) is 46.3 Å². The molecule has 1 atom stereocenters. The number of fused-ring (bicyclic) bond motifs is 1. The normalized spacial score (nSPS) is 12.7. The van der Waals surface area contributed by atoms with Crippen molar-refractivity contribution in [1.82, 2.24) is 15.3 Å². The van der Waals surface area contributed by atoms with Crippen molar-refractivity contribution in [1.29, 1.82) is 0 Å². The maximum atomic E-state index is 11.4. The quantitative estimate of drug-likeness (QED) is 0.680. The molecule has 108 valence electrons. The molecule has 0 radical (unpaired) electrons. The summed E-state index contributed by atoms with van der Waals surface area (Å²) in [5.41, 5.74) is 3.85. The molecule has 0 saturated heterocycles. The molecule has 1 aromatic heterocycles. The minimum absolute atomic E-state index is 0.171. The Kier molecular flexibility index (Phi) is 3.94. The number of hydrogen-bond donors (Lipinski definition) is 3. The molecule has 4 nitrogen and oxygen atoms in total. The van der Waals surface area contributed by atoms with Crippen LogP contribution in [0.25, 0.3) is 11.0 Å². The first-order chi connectivity index (χ1) is 10.2. The van der Waals surface area contributed by atoms with E-state index >= 15 is 0 Å². The van der Waals surface area contributed by atoms with E-state index in [4.69, 9.17) is 0 Å². The Hall–Kier alpha value is -1.85. The second kappa shape index (κ2) is 5.87. The molecule has 0 aliphatic heterocycles. The molecule has 1 unspecified atom stereocenters. The number of likely N-dealkylation sites (N-methyl/N-ethyl adjacent to an activating group) is 1. The zero-order chi connectivity index (χ0) is 14.8. The number of halogens is 1. The van der Waals surface area contributed by atoms with Crippen LogP contribution < -0.4 is 11.0 Å². The fourth-order valence-electron chi connectivity index (χ4n) is 2.56. The first kappa shape index (κ1) is 14.1. The Morgan fingerprint density at radius 1 is 1.14 bits per heavy atom. The molecule has 21 heavy (non-hydrogen) atoms. The van der Waals surface area contributed by atoms with Crippen LogP contribution in [0, 0.1) is 0 Å². The number of imidazole rings is 1. The molecule has 5 heteroatoms. The second-order valence-corrected chi connectivity index (χ2v) is 5.88. The Balaban J connectivity index is 2.00. The molecule has 0 aliphatic carbocycles. The second-order valence-electron chi connectivity index (χ2n) is 5.03. The van der Waals surface area contributed by atoms with Crippen molar-refractivity contribution in [2.45, 2.75) is 12.5 Å². The molecule has 1 heterocycles. The lowest BCUT2D eigenvalue weighted by Gasteiger charge is -2.18. The Labute approximate surface area is 130 Å². The van der Waals surface area contributed by atoms with Gasteiger partial charge in [-0.3, -0.25) is 0 Å². The van der Waals surface area contributed by atoms with Gasteiger partial charge in [-0.25, -0.2) is 4.79 Å². The van der Waals surface area contributed by atoms with Crippen LogP contribution in [0.5, 0.6) is 0 Å². The fourth-order valence-corrected chi connectivity index (χ4v) is 3.18. The van der Waals surface area contributed by atoms with E-state index in [-0.39, 0.29) is 11.7 Å². The summed E-state index contributed by atoms with van der Waals surface area (Å²) in [6, 6.07) is 14.5. The molecule has 3 rings (SSSR count). The molecule has 0 amide bonds. The van der Waals surface area contributed by atoms with Gasteiger partial charge in [-0.2, -0.15) is 0 Å². The van der Waals surface area contributed by atoms with E-state index in [9.17, 15) is 4.79 Å². The van der Waals surface area contributed by atoms with E-state index in [1.165, 1.54) is 5.56 Å². The lowest BCUT2D eigenvalue weighted by Crippen LogP contribution is -2.19. The van der Waals surface area contributed by atoms with Crippen molar-refractivity contribution in [3.8, 4) is 0 Å². The van der Waals surface area contributed by atoms with E-state index in [1.54, 1.807) is 0 Å². The fraction of sp³-hybridized carbons (Fsp3) is 0.188. The number of H-pyrrole nitrogens is 2. The van der Waals surface area contributed by atoms with Crippen molar-refractivity contribution >= 4 is 27.0 Å².